The Labute approximate surface area is 325 Å². The largest absolute Gasteiger partial charge is 0.456 e. The van der Waals surface area contributed by atoms with E-state index in [1.54, 1.807) is 0 Å². The van der Waals surface area contributed by atoms with Gasteiger partial charge in [-0.1, -0.05) is 121 Å². The molecule has 0 saturated heterocycles. The molecule has 0 bridgehead atoms. The van der Waals surface area contributed by atoms with Gasteiger partial charge in [0.05, 0.1) is 22.1 Å². The molecule has 6 nitrogen and oxygen atoms in total. The number of hydrogen-bond acceptors (Lipinski definition) is 5. The summed E-state index contributed by atoms with van der Waals surface area (Å²) in [5.41, 5.74) is 11.6. The number of fused-ring (bicyclic) bond motifs is 9. The molecule has 0 saturated carbocycles. The lowest BCUT2D eigenvalue weighted by Crippen LogP contribution is -2.00. The van der Waals surface area contributed by atoms with Crippen LogP contribution in [0.15, 0.2) is 191 Å². The maximum atomic E-state index is 6.60. The number of furan rings is 2. The van der Waals surface area contributed by atoms with E-state index in [0.29, 0.717) is 17.5 Å². The zero-order chi connectivity index (χ0) is 37.5. The fourth-order valence-electron chi connectivity index (χ4n) is 8.39. The fourth-order valence-corrected chi connectivity index (χ4v) is 8.39. The molecule has 0 N–H and O–H groups in total. The maximum Gasteiger partial charge on any atom is 0.164 e. The van der Waals surface area contributed by atoms with E-state index in [1.807, 2.05) is 66.7 Å². The Morgan fingerprint density at radius 3 is 1.54 bits per heavy atom. The van der Waals surface area contributed by atoms with Crippen LogP contribution in [0.2, 0.25) is 0 Å². The predicted octanol–water partition coefficient (Wildman–Crippen LogP) is 13.4. The fraction of sp³-hybridized carbons (Fsp3) is 0. The van der Waals surface area contributed by atoms with E-state index < -0.39 is 0 Å². The SMILES string of the molecule is c1ccc(-c2nc(-c3ccccc3)nc(-c3ccc4c(c3)oc3ccc(-c5ccc6c(c5)oc5cccc(-n7c8ccccc8c8ccccc87)c56)cc34)n2)cc1. The quantitative estimate of drug-likeness (QED) is 0.176. The second-order valence-corrected chi connectivity index (χ2v) is 14.4. The Balaban J connectivity index is 0.949. The van der Waals surface area contributed by atoms with E-state index in [1.165, 1.54) is 21.8 Å². The molecule has 266 valence electrons. The number of benzene rings is 8. The van der Waals surface area contributed by atoms with Crippen molar-refractivity contribution in [2.45, 2.75) is 0 Å². The normalized spacial score (nSPS) is 11.9. The van der Waals surface area contributed by atoms with Crippen molar-refractivity contribution in [1.29, 1.82) is 0 Å². The van der Waals surface area contributed by atoms with Crippen LogP contribution in [0.25, 0.3) is 117 Å². The monoisotopic (exact) mass is 730 g/mol. The first-order chi connectivity index (χ1) is 28.2. The van der Waals surface area contributed by atoms with Crippen LogP contribution in [0.5, 0.6) is 0 Å². The van der Waals surface area contributed by atoms with Gasteiger partial charge in [0.1, 0.15) is 22.3 Å². The molecule has 12 rings (SSSR count). The van der Waals surface area contributed by atoms with Gasteiger partial charge >= 0.3 is 0 Å². The highest BCUT2D eigenvalue weighted by atomic mass is 16.3. The standard InChI is InChI=1S/C51H30N4O2/c1-3-12-31(13-4-1)49-52-50(32-14-5-2-6-15-32)54-51(53-49)35-23-25-38-40-28-33(24-27-44(40)56-46(38)30-35)34-22-26-39-47(29-34)57-45-21-11-20-43(48(39)45)55-41-18-9-7-16-36(41)37-17-8-10-19-42(37)55/h1-30H. The molecule has 12 aromatic rings. The van der Waals surface area contributed by atoms with Crippen LogP contribution in [-0.2, 0) is 0 Å². The first-order valence-corrected chi connectivity index (χ1v) is 19.0. The Morgan fingerprint density at radius 1 is 0.316 bits per heavy atom. The van der Waals surface area contributed by atoms with E-state index in [0.717, 1.165) is 77.4 Å². The van der Waals surface area contributed by atoms with Crippen LogP contribution in [0.3, 0.4) is 0 Å². The molecule has 6 heteroatoms. The summed E-state index contributed by atoms with van der Waals surface area (Å²) in [7, 11) is 0. The average Bonchev–Trinajstić information content (AvgIpc) is 3.95. The highest BCUT2D eigenvalue weighted by molar-refractivity contribution is 6.15. The molecule has 0 fully saturated rings. The maximum absolute atomic E-state index is 6.60. The number of nitrogens with zero attached hydrogens (tertiary/aromatic N) is 4. The van der Waals surface area contributed by atoms with Crippen molar-refractivity contribution in [1.82, 2.24) is 19.5 Å². The van der Waals surface area contributed by atoms with Gasteiger partial charge in [-0.2, -0.15) is 0 Å². The third kappa shape index (κ3) is 5.01. The Morgan fingerprint density at radius 2 is 0.842 bits per heavy atom. The summed E-state index contributed by atoms with van der Waals surface area (Å²) in [5.74, 6) is 1.84. The van der Waals surface area contributed by atoms with E-state index in [4.69, 9.17) is 23.8 Å². The number of aromatic nitrogens is 4. The molecule has 8 aromatic carbocycles. The van der Waals surface area contributed by atoms with Crippen LogP contribution in [-0.4, -0.2) is 19.5 Å². The number of para-hydroxylation sites is 2. The number of hydrogen-bond donors (Lipinski definition) is 0. The predicted molar refractivity (Wildman–Crippen MR) is 230 cm³/mol. The van der Waals surface area contributed by atoms with Gasteiger partial charge < -0.3 is 13.4 Å². The van der Waals surface area contributed by atoms with Gasteiger partial charge in [-0.3, -0.25) is 0 Å². The molecular weight excluding hydrogens is 701 g/mol. The molecule has 0 amide bonds. The van der Waals surface area contributed by atoms with Gasteiger partial charge in [-0.25, -0.2) is 15.0 Å². The van der Waals surface area contributed by atoms with Crippen molar-refractivity contribution in [2.75, 3.05) is 0 Å². The van der Waals surface area contributed by atoms with Gasteiger partial charge in [-0.05, 0) is 71.8 Å². The average molecular weight is 731 g/mol. The molecule has 0 spiro atoms. The van der Waals surface area contributed by atoms with Crippen LogP contribution in [0.4, 0.5) is 0 Å². The van der Waals surface area contributed by atoms with Crippen LogP contribution < -0.4 is 0 Å². The van der Waals surface area contributed by atoms with Crippen molar-refractivity contribution in [3.8, 4) is 51.0 Å². The summed E-state index contributed by atoms with van der Waals surface area (Å²) in [6.45, 7) is 0. The summed E-state index contributed by atoms with van der Waals surface area (Å²) in [4.78, 5) is 14.7. The van der Waals surface area contributed by atoms with Gasteiger partial charge in [0.15, 0.2) is 17.5 Å². The lowest BCUT2D eigenvalue weighted by Gasteiger charge is -2.09. The minimum Gasteiger partial charge on any atom is -0.456 e. The van der Waals surface area contributed by atoms with Crippen LogP contribution in [0.1, 0.15) is 0 Å². The molecule has 4 heterocycles. The summed E-state index contributed by atoms with van der Waals surface area (Å²) in [6.07, 6.45) is 0. The third-order valence-electron chi connectivity index (χ3n) is 11.1. The van der Waals surface area contributed by atoms with Crippen molar-refractivity contribution in [3.05, 3.63) is 182 Å². The first kappa shape index (κ1) is 31.5. The second kappa shape index (κ2) is 12.3. The minimum atomic E-state index is 0.589. The third-order valence-corrected chi connectivity index (χ3v) is 11.1. The minimum absolute atomic E-state index is 0.589. The Hall–Kier alpha value is -7.83. The van der Waals surface area contributed by atoms with Crippen molar-refractivity contribution in [3.63, 3.8) is 0 Å². The number of rotatable bonds is 5. The lowest BCUT2D eigenvalue weighted by molar-refractivity contribution is 0.669. The zero-order valence-corrected chi connectivity index (χ0v) is 30.4. The smallest absolute Gasteiger partial charge is 0.164 e. The highest BCUT2D eigenvalue weighted by Crippen LogP contribution is 2.41. The molecule has 57 heavy (non-hydrogen) atoms. The molecule has 0 atom stereocenters. The topological polar surface area (TPSA) is 69.9 Å². The van der Waals surface area contributed by atoms with E-state index in [2.05, 4.69) is 120 Å². The zero-order valence-electron chi connectivity index (χ0n) is 30.4. The molecule has 4 aromatic heterocycles. The van der Waals surface area contributed by atoms with Crippen molar-refractivity contribution in [2.24, 2.45) is 0 Å². The van der Waals surface area contributed by atoms with E-state index in [9.17, 15) is 0 Å². The summed E-state index contributed by atoms with van der Waals surface area (Å²) in [5, 5.41) is 6.72. The molecule has 0 aliphatic rings. The lowest BCUT2D eigenvalue weighted by atomic mass is 10.0. The summed E-state index contributed by atoms with van der Waals surface area (Å²) >= 11 is 0. The molecule has 0 aliphatic carbocycles. The second-order valence-electron chi connectivity index (χ2n) is 14.4. The van der Waals surface area contributed by atoms with Crippen molar-refractivity contribution < 1.29 is 8.83 Å². The molecule has 0 unspecified atom stereocenters. The van der Waals surface area contributed by atoms with Gasteiger partial charge in [0.2, 0.25) is 0 Å². The summed E-state index contributed by atoms with van der Waals surface area (Å²) < 4.78 is 15.4. The molecular formula is C51H30N4O2. The highest BCUT2D eigenvalue weighted by Gasteiger charge is 2.19. The molecule has 0 aliphatic heterocycles. The summed E-state index contributed by atoms with van der Waals surface area (Å²) in [6, 6.07) is 62.7. The van der Waals surface area contributed by atoms with Gasteiger partial charge in [0, 0.05) is 43.6 Å². The van der Waals surface area contributed by atoms with Crippen LogP contribution in [0, 0.1) is 0 Å². The van der Waals surface area contributed by atoms with Gasteiger partial charge in [0.25, 0.3) is 0 Å². The Bertz CT molecular complexity index is 3410. The molecule has 0 radical (unpaired) electrons. The first-order valence-electron chi connectivity index (χ1n) is 19.0. The van der Waals surface area contributed by atoms with Gasteiger partial charge in [-0.15, -0.1) is 0 Å². The van der Waals surface area contributed by atoms with E-state index in [-0.39, 0.29) is 0 Å². The van der Waals surface area contributed by atoms with Crippen molar-refractivity contribution >= 4 is 65.7 Å². The van der Waals surface area contributed by atoms with Crippen LogP contribution >= 0.6 is 0 Å². The Kier molecular flexibility index (Phi) is 6.83. The van der Waals surface area contributed by atoms with E-state index >= 15 is 0 Å².